The average Bonchev–Trinajstić information content (AvgIpc) is 2.28. The molecule has 2 rings (SSSR count). The standard InChI is InChI=1S/C13H18F2N2/c1-2-17-5-3-12(4-6-17)16-13-8-10(14)7-11(15)9-13/h7-9,12,16H,2-6H2,1H3. The molecule has 17 heavy (non-hydrogen) atoms. The van der Waals surface area contributed by atoms with E-state index < -0.39 is 11.6 Å². The van der Waals surface area contributed by atoms with Crippen LogP contribution in [0.3, 0.4) is 0 Å². The van der Waals surface area contributed by atoms with E-state index in [4.69, 9.17) is 0 Å². The molecule has 1 aromatic rings. The lowest BCUT2D eigenvalue weighted by atomic mass is 10.0. The number of hydrogen-bond acceptors (Lipinski definition) is 2. The maximum Gasteiger partial charge on any atom is 0.128 e. The molecule has 0 saturated carbocycles. The molecule has 0 amide bonds. The number of halogens is 2. The Balaban J connectivity index is 1.93. The third kappa shape index (κ3) is 3.40. The molecule has 1 fully saturated rings. The summed E-state index contributed by atoms with van der Waals surface area (Å²) in [5.41, 5.74) is 0.539. The average molecular weight is 240 g/mol. The lowest BCUT2D eigenvalue weighted by molar-refractivity contribution is 0.229. The van der Waals surface area contributed by atoms with Crippen LogP contribution in [-0.2, 0) is 0 Å². The van der Waals surface area contributed by atoms with Crippen molar-refractivity contribution in [2.45, 2.75) is 25.8 Å². The van der Waals surface area contributed by atoms with Crippen molar-refractivity contribution < 1.29 is 8.78 Å². The van der Waals surface area contributed by atoms with E-state index in [2.05, 4.69) is 17.1 Å². The van der Waals surface area contributed by atoms with E-state index >= 15 is 0 Å². The molecular weight excluding hydrogens is 222 g/mol. The fourth-order valence-corrected chi connectivity index (χ4v) is 2.27. The molecule has 0 unspecified atom stereocenters. The number of likely N-dealkylation sites (tertiary alicyclic amines) is 1. The molecule has 1 heterocycles. The Morgan fingerprint density at radius 1 is 1.18 bits per heavy atom. The van der Waals surface area contributed by atoms with E-state index in [-0.39, 0.29) is 0 Å². The number of hydrogen-bond donors (Lipinski definition) is 1. The van der Waals surface area contributed by atoms with Gasteiger partial charge in [-0.3, -0.25) is 0 Å². The first-order valence-electron chi connectivity index (χ1n) is 6.12. The van der Waals surface area contributed by atoms with Gasteiger partial charge in [0.15, 0.2) is 0 Å². The van der Waals surface area contributed by atoms with E-state index in [1.807, 2.05) is 0 Å². The fraction of sp³-hybridized carbons (Fsp3) is 0.538. The number of rotatable bonds is 3. The molecule has 0 radical (unpaired) electrons. The summed E-state index contributed by atoms with van der Waals surface area (Å²) in [4.78, 5) is 2.38. The highest BCUT2D eigenvalue weighted by Gasteiger charge is 2.17. The lowest BCUT2D eigenvalue weighted by Crippen LogP contribution is -2.38. The van der Waals surface area contributed by atoms with Crippen molar-refractivity contribution >= 4 is 5.69 Å². The number of piperidine rings is 1. The van der Waals surface area contributed by atoms with Crippen LogP contribution in [0.1, 0.15) is 19.8 Å². The third-order valence-corrected chi connectivity index (χ3v) is 3.27. The van der Waals surface area contributed by atoms with Gasteiger partial charge in [0.1, 0.15) is 11.6 Å². The van der Waals surface area contributed by atoms with Crippen LogP contribution in [0.5, 0.6) is 0 Å². The predicted octanol–water partition coefficient (Wildman–Crippen LogP) is 2.86. The number of anilines is 1. The summed E-state index contributed by atoms with van der Waals surface area (Å²) in [7, 11) is 0. The summed E-state index contributed by atoms with van der Waals surface area (Å²) in [6.45, 7) is 5.31. The van der Waals surface area contributed by atoms with Gasteiger partial charge in [0.2, 0.25) is 0 Å². The van der Waals surface area contributed by atoms with Crippen LogP contribution in [0.15, 0.2) is 18.2 Å². The van der Waals surface area contributed by atoms with Gasteiger partial charge in [-0.2, -0.15) is 0 Å². The second-order valence-electron chi connectivity index (χ2n) is 4.51. The van der Waals surface area contributed by atoms with E-state index in [0.717, 1.165) is 38.5 Å². The van der Waals surface area contributed by atoms with Gasteiger partial charge in [0.25, 0.3) is 0 Å². The number of nitrogens with zero attached hydrogens (tertiary/aromatic N) is 1. The maximum absolute atomic E-state index is 13.0. The summed E-state index contributed by atoms with van der Waals surface area (Å²) in [6, 6.07) is 3.90. The zero-order valence-electron chi connectivity index (χ0n) is 10.0. The second kappa shape index (κ2) is 5.45. The van der Waals surface area contributed by atoms with Gasteiger partial charge in [0.05, 0.1) is 0 Å². The van der Waals surface area contributed by atoms with E-state index in [1.54, 1.807) is 0 Å². The van der Waals surface area contributed by atoms with Gasteiger partial charge in [-0.05, 0) is 31.5 Å². The van der Waals surface area contributed by atoms with Crippen molar-refractivity contribution in [3.63, 3.8) is 0 Å². The summed E-state index contributed by atoms with van der Waals surface area (Å²) in [5, 5.41) is 3.20. The second-order valence-corrected chi connectivity index (χ2v) is 4.51. The highest BCUT2D eigenvalue weighted by molar-refractivity contribution is 5.44. The molecule has 94 valence electrons. The first-order chi connectivity index (χ1) is 8.17. The number of benzene rings is 1. The van der Waals surface area contributed by atoms with Gasteiger partial charge in [-0.25, -0.2) is 8.78 Å². The lowest BCUT2D eigenvalue weighted by Gasteiger charge is -2.32. The topological polar surface area (TPSA) is 15.3 Å². The first kappa shape index (κ1) is 12.3. The Morgan fingerprint density at radius 2 is 1.76 bits per heavy atom. The Hall–Kier alpha value is -1.16. The van der Waals surface area contributed by atoms with Crippen LogP contribution < -0.4 is 5.32 Å². The van der Waals surface area contributed by atoms with E-state index in [9.17, 15) is 8.78 Å². The first-order valence-corrected chi connectivity index (χ1v) is 6.12. The molecule has 4 heteroatoms. The molecule has 0 bridgehead atoms. The molecule has 0 aliphatic carbocycles. The Kier molecular flexibility index (Phi) is 3.94. The normalized spacial score (nSPS) is 18.3. The van der Waals surface area contributed by atoms with Gasteiger partial charge >= 0.3 is 0 Å². The van der Waals surface area contributed by atoms with E-state index in [0.29, 0.717) is 11.7 Å². The summed E-state index contributed by atoms with van der Waals surface area (Å²) >= 11 is 0. The van der Waals surface area contributed by atoms with Crippen molar-refractivity contribution in [2.24, 2.45) is 0 Å². The van der Waals surface area contributed by atoms with Crippen molar-refractivity contribution in [1.82, 2.24) is 4.90 Å². The zero-order chi connectivity index (χ0) is 12.3. The largest absolute Gasteiger partial charge is 0.382 e. The summed E-state index contributed by atoms with van der Waals surface area (Å²) in [5.74, 6) is -1.06. The van der Waals surface area contributed by atoms with E-state index in [1.165, 1.54) is 12.1 Å². The zero-order valence-corrected chi connectivity index (χ0v) is 10.0. The molecule has 1 aliphatic rings. The highest BCUT2D eigenvalue weighted by atomic mass is 19.1. The van der Waals surface area contributed by atoms with Crippen molar-refractivity contribution in [2.75, 3.05) is 25.0 Å². The van der Waals surface area contributed by atoms with Crippen LogP contribution in [-0.4, -0.2) is 30.6 Å². The molecule has 1 saturated heterocycles. The van der Waals surface area contributed by atoms with Gasteiger partial charge in [-0.1, -0.05) is 6.92 Å². The molecule has 0 aromatic heterocycles. The minimum atomic E-state index is -0.529. The summed E-state index contributed by atoms with van der Waals surface area (Å²) in [6.07, 6.45) is 2.04. The smallest absolute Gasteiger partial charge is 0.128 e. The summed E-state index contributed by atoms with van der Waals surface area (Å²) < 4.78 is 26.0. The third-order valence-electron chi connectivity index (χ3n) is 3.27. The Labute approximate surface area is 101 Å². The molecule has 1 aromatic carbocycles. The van der Waals surface area contributed by atoms with Gasteiger partial charge in [-0.15, -0.1) is 0 Å². The fourth-order valence-electron chi connectivity index (χ4n) is 2.27. The molecular formula is C13H18F2N2. The highest BCUT2D eigenvalue weighted by Crippen LogP contribution is 2.18. The monoisotopic (exact) mass is 240 g/mol. The van der Waals surface area contributed by atoms with Crippen LogP contribution in [0.4, 0.5) is 14.5 Å². The quantitative estimate of drug-likeness (QED) is 0.874. The minimum Gasteiger partial charge on any atom is -0.382 e. The SMILES string of the molecule is CCN1CCC(Nc2cc(F)cc(F)c2)CC1. The van der Waals surface area contributed by atoms with Crippen LogP contribution >= 0.6 is 0 Å². The minimum absolute atomic E-state index is 0.319. The molecule has 2 nitrogen and oxygen atoms in total. The molecule has 1 N–H and O–H groups in total. The molecule has 0 atom stereocenters. The molecule has 1 aliphatic heterocycles. The van der Waals surface area contributed by atoms with Crippen LogP contribution in [0, 0.1) is 11.6 Å². The Bertz CT molecular complexity index is 353. The Morgan fingerprint density at radius 3 is 2.29 bits per heavy atom. The van der Waals surface area contributed by atoms with Crippen molar-refractivity contribution in [3.05, 3.63) is 29.8 Å². The van der Waals surface area contributed by atoms with Gasteiger partial charge in [0, 0.05) is 30.9 Å². The van der Waals surface area contributed by atoms with Crippen LogP contribution in [0.2, 0.25) is 0 Å². The van der Waals surface area contributed by atoms with Crippen LogP contribution in [0.25, 0.3) is 0 Å². The van der Waals surface area contributed by atoms with Crippen molar-refractivity contribution in [3.8, 4) is 0 Å². The van der Waals surface area contributed by atoms with Gasteiger partial charge < -0.3 is 10.2 Å². The number of nitrogens with one attached hydrogen (secondary N) is 1. The van der Waals surface area contributed by atoms with Crippen molar-refractivity contribution in [1.29, 1.82) is 0 Å². The predicted molar refractivity (Wildman–Crippen MR) is 65.1 cm³/mol. The maximum atomic E-state index is 13.0. The molecule has 0 spiro atoms.